The molecule has 0 fully saturated rings. The Morgan fingerprint density at radius 2 is 1.97 bits per heavy atom. The maximum absolute atomic E-state index is 12.3. The molecule has 1 N–H and O–H groups in total. The maximum atomic E-state index is 12.3. The largest absolute Gasteiger partial charge is 0.490 e. The summed E-state index contributed by atoms with van der Waals surface area (Å²) in [4.78, 5) is 16.7. The van der Waals surface area contributed by atoms with Crippen LogP contribution in [0.3, 0.4) is 0 Å². The van der Waals surface area contributed by atoms with Gasteiger partial charge in [-0.3, -0.25) is 4.79 Å². The van der Waals surface area contributed by atoms with Gasteiger partial charge in [-0.05, 0) is 30.7 Å². The van der Waals surface area contributed by atoms with Gasteiger partial charge in [0, 0.05) is 30.0 Å². The van der Waals surface area contributed by atoms with Crippen LogP contribution in [0.4, 0.5) is 5.69 Å². The minimum atomic E-state index is -0.296. The second-order valence-electron chi connectivity index (χ2n) is 6.87. The third-order valence-electron chi connectivity index (χ3n) is 4.46. The number of thiazole rings is 1. The molecule has 0 saturated heterocycles. The third kappa shape index (κ3) is 5.77. The van der Waals surface area contributed by atoms with Gasteiger partial charge in [0.1, 0.15) is 12.4 Å². The molecule has 1 amide bonds. The molecule has 1 aliphatic rings. The van der Waals surface area contributed by atoms with E-state index in [9.17, 15) is 4.79 Å². The zero-order chi connectivity index (χ0) is 21.6. The van der Waals surface area contributed by atoms with Gasteiger partial charge >= 0.3 is 0 Å². The van der Waals surface area contributed by atoms with Crippen LogP contribution in [0.5, 0.6) is 17.2 Å². The fourth-order valence-electron chi connectivity index (χ4n) is 2.93. The minimum Gasteiger partial charge on any atom is -0.490 e. The van der Waals surface area contributed by atoms with Gasteiger partial charge in [-0.15, -0.1) is 11.3 Å². The van der Waals surface area contributed by atoms with Crippen molar-refractivity contribution in [2.45, 2.75) is 20.0 Å². The first-order valence-electron chi connectivity index (χ1n) is 9.79. The number of nitrogens with zero attached hydrogens (tertiary/aromatic N) is 1. The van der Waals surface area contributed by atoms with Crippen molar-refractivity contribution >= 4 is 40.6 Å². The molecule has 6 nitrogen and oxygen atoms in total. The Labute approximate surface area is 189 Å². The fourth-order valence-corrected chi connectivity index (χ4v) is 3.73. The van der Waals surface area contributed by atoms with Crippen LogP contribution in [-0.4, -0.2) is 24.1 Å². The van der Waals surface area contributed by atoms with E-state index in [-0.39, 0.29) is 5.91 Å². The summed E-state index contributed by atoms with van der Waals surface area (Å²) >= 11 is 7.88. The van der Waals surface area contributed by atoms with Crippen molar-refractivity contribution < 1.29 is 19.0 Å². The molecule has 0 aliphatic carbocycles. The average Bonchev–Trinajstić information content (AvgIpc) is 3.05. The Morgan fingerprint density at radius 3 is 2.68 bits per heavy atom. The highest BCUT2D eigenvalue weighted by atomic mass is 35.5. The van der Waals surface area contributed by atoms with Crippen LogP contribution in [0, 0.1) is 6.92 Å². The van der Waals surface area contributed by atoms with E-state index in [0.29, 0.717) is 42.0 Å². The molecule has 0 saturated carbocycles. The standard InChI is InChI=1S/C23H21ClN2O4S/c1-15-25-17(14-31-15)13-30-18-6-3-16(4-7-18)5-8-23(27)26-20-12-22-21(11-19(20)24)28-9-2-10-29-22/h3-8,11-12,14H,2,9-10,13H2,1H3,(H,26,27)/b8-5+. The van der Waals surface area contributed by atoms with Crippen molar-refractivity contribution in [1.29, 1.82) is 0 Å². The Kier molecular flexibility index (Phi) is 6.74. The molecule has 160 valence electrons. The summed E-state index contributed by atoms with van der Waals surface area (Å²) in [5.74, 6) is 1.61. The van der Waals surface area contributed by atoms with Crippen molar-refractivity contribution in [3.63, 3.8) is 0 Å². The lowest BCUT2D eigenvalue weighted by atomic mass is 10.2. The van der Waals surface area contributed by atoms with Crippen molar-refractivity contribution in [1.82, 2.24) is 4.98 Å². The van der Waals surface area contributed by atoms with E-state index in [2.05, 4.69) is 10.3 Å². The van der Waals surface area contributed by atoms with Gasteiger partial charge in [0.15, 0.2) is 11.5 Å². The maximum Gasteiger partial charge on any atom is 0.248 e. The molecule has 2 heterocycles. The van der Waals surface area contributed by atoms with Gasteiger partial charge in [-0.25, -0.2) is 4.98 Å². The summed E-state index contributed by atoms with van der Waals surface area (Å²) in [6.45, 7) is 3.53. The van der Waals surface area contributed by atoms with Crippen LogP contribution in [0.25, 0.3) is 6.08 Å². The minimum absolute atomic E-state index is 0.296. The molecule has 4 rings (SSSR count). The van der Waals surface area contributed by atoms with E-state index in [4.69, 9.17) is 25.8 Å². The number of amides is 1. The van der Waals surface area contributed by atoms with Gasteiger partial charge < -0.3 is 19.5 Å². The van der Waals surface area contributed by atoms with Gasteiger partial charge in [0.05, 0.1) is 34.6 Å². The summed E-state index contributed by atoms with van der Waals surface area (Å²) in [6, 6.07) is 10.8. The number of hydrogen-bond donors (Lipinski definition) is 1. The number of fused-ring (bicyclic) bond motifs is 1. The molecule has 3 aromatic rings. The molecule has 0 atom stereocenters. The number of halogens is 1. The first-order valence-corrected chi connectivity index (χ1v) is 11.0. The van der Waals surface area contributed by atoms with E-state index < -0.39 is 0 Å². The highest BCUT2D eigenvalue weighted by Gasteiger charge is 2.15. The van der Waals surface area contributed by atoms with E-state index in [1.165, 1.54) is 6.08 Å². The summed E-state index contributed by atoms with van der Waals surface area (Å²) in [6.07, 6.45) is 3.97. The zero-order valence-electron chi connectivity index (χ0n) is 16.9. The summed E-state index contributed by atoms with van der Waals surface area (Å²) < 4.78 is 17.0. The van der Waals surface area contributed by atoms with Crippen LogP contribution in [0.1, 0.15) is 22.7 Å². The van der Waals surface area contributed by atoms with Crippen molar-refractivity contribution in [3.8, 4) is 17.2 Å². The lowest BCUT2D eigenvalue weighted by Gasteiger charge is -2.11. The predicted octanol–water partition coefficient (Wildman–Crippen LogP) is 5.50. The quantitative estimate of drug-likeness (QED) is 0.496. The van der Waals surface area contributed by atoms with E-state index in [0.717, 1.165) is 28.4 Å². The number of carbonyl (C=O) groups is 1. The molecule has 0 unspecified atom stereocenters. The average molecular weight is 457 g/mol. The van der Waals surface area contributed by atoms with Crippen molar-refractivity contribution in [3.05, 3.63) is 69.1 Å². The number of nitrogens with one attached hydrogen (secondary N) is 1. The third-order valence-corrected chi connectivity index (χ3v) is 5.59. The number of aromatic nitrogens is 1. The van der Waals surface area contributed by atoms with Crippen LogP contribution in [0.2, 0.25) is 5.02 Å². The number of aryl methyl sites for hydroxylation is 1. The highest BCUT2D eigenvalue weighted by molar-refractivity contribution is 7.09. The number of ether oxygens (including phenoxy) is 3. The van der Waals surface area contributed by atoms with Crippen molar-refractivity contribution in [2.75, 3.05) is 18.5 Å². The molecule has 0 radical (unpaired) electrons. The Bertz CT molecular complexity index is 1100. The molecule has 31 heavy (non-hydrogen) atoms. The number of carbonyl (C=O) groups excluding carboxylic acids is 1. The Hall–Kier alpha value is -3.03. The van der Waals surface area contributed by atoms with Crippen LogP contribution >= 0.6 is 22.9 Å². The molecular formula is C23H21ClN2O4S. The highest BCUT2D eigenvalue weighted by Crippen LogP contribution is 2.37. The zero-order valence-corrected chi connectivity index (χ0v) is 18.5. The molecular weight excluding hydrogens is 436 g/mol. The monoisotopic (exact) mass is 456 g/mol. The molecule has 1 aromatic heterocycles. The normalized spacial score (nSPS) is 13.1. The molecule has 0 spiro atoms. The molecule has 1 aliphatic heterocycles. The van der Waals surface area contributed by atoms with Gasteiger partial charge in [-0.2, -0.15) is 0 Å². The van der Waals surface area contributed by atoms with Gasteiger partial charge in [0.2, 0.25) is 5.91 Å². The van der Waals surface area contributed by atoms with Gasteiger partial charge in [0.25, 0.3) is 0 Å². The predicted molar refractivity (Wildman–Crippen MR) is 122 cm³/mol. The fraction of sp³-hybridized carbons (Fsp3) is 0.217. The Balaban J connectivity index is 1.34. The lowest BCUT2D eigenvalue weighted by molar-refractivity contribution is -0.111. The summed E-state index contributed by atoms with van der Waals surface area (Å²) in [5, 5.41) is 6.18. The SMILES string of the molecule is Cc1nc(COc2ccc(/C=C/C(=O)Nc3cc4c(cc3Cl)OCCCO4)cc2)cs1. The lowest BCUT2D eigenvalue weighted by Crippen LogP contribution is -2.08. The van der Waals surface area contributed by atoms with Gasteiger partial charge in [-0.1, -0.05) is 23.7 Å². The molecule has 8 heteroatoms. The number of hydrogen-bond acceptors (Lipinski definition) is 6. The van der Waals surface area contributed by atoms with Crippen LogP contribution in [0.15, 0.2) is 47.9 Å². The molecule has 2 aromatic carbocycles. The topological polar surface area (TPSA) is 69.7 Å². The molecule has 0 bridgehead atoms. The first-order chi connectivity index (χ1) is 15.1. The second kappa shape index (κ2) is 9.85. The summed E-state index contributed by atoms with van der Waals surface area (Å²) in [7, 11) is 0. The second-order valence-corrected chi connectivity index (χ2v) is 8.34. The van der Waals surface area contributed by atoms with Crippen molar-refractivity contribution in [2.24, 2.45) is 0 Å². The number of anilines is 1. The summed E-state index contributed by atoms with van der Waals surface area (Å²) in [5.41, 5.74) is 2.26. The number of rotatable bonds is 6. The van der Waals surface area contributed by atoms with E-state index in [1.54, 1.807) is 29.5 Å². The van der Waals surface area contributed by atoms with Crippen LogP contribution in [-0.2, 0) is 11.4 Å². The Morgan fingerprint density at radius 1 is 1.23 bits per heavy atom. The smallest absolute Gasteiger partial charge is 0.248 e. The number of benzene rings is 2. The first kappa shape index (κ1) is 21.2. The van der Waals surface area contributed by atoms with E-state index in [1.807, 2.05) is 36.6 Å². The van der Waals surface area contributed by atoms with E-state index >= 15 is 0 Å². The van der Waals surface area contributed by atoms with Crippen LogP contribution < -0.4 is 19.5 Å².